The Morgan fingerprint density at radius 2 is 1.87 bits per heavy atom. The zero-order chi connectivity index (χ0) is 16.7. The van der Waals surface area contributed by atoms with Crippen LogP contribution in [0.25, 0.3) is 0 Å². The summed E-state index contributed by atoms with van der Waals surface area (Å²) in [6, 6.07) is 3.71. The van der Waals surface area contributed by atoms with E-state index in [2.05, 4.69) is 5.32 Å². The van der Waals surface area contributed by atoms with Crippen LogP contribution in [0.5, 0.6) is 17.2 Å². The fourth-order valence-corrected chi connectivity index (χ4v) is 2.72. The number of carbonyl (C=O) groups excluding carboxylic acids is 1. The van der Waals surface area contributed by atoms with Crippen molar-refractivity contribution in [3.63, 3.8) is 0 Å². The Hall–Kier alpha value is -1.95. The molecule has 0 radical (unpaired) electrons. The molecule has 1 aliphatic rings. The van der Waals surface area contributed by atoms with Gasteiger partial charge in [-0.2, -0.15) is 0 Å². The van der Waals surface area contributed by atoms with Crippen LogP contribution in [-0.2, 0) is 16.0 Å². The number of hydrogen-bond donors (Lipinski definition) is 1. The summed E-state index contributed by atoms with van der Waals surface area (Å²) in [7, 11) is 4.77. The van der Waals surface area contributed by atoms with Crippen molar-refractivity contribution < 1.29 is 23.7 Å². The van der Waals surface area contributed by atoms with Gasteiger partial charge in [-0.05, 0) is 49.9 Å². The first-order valence-corrected chi connectivity index (χ1v) is 7.88. The predicted molar refractivity (Wildman–Crippen MR) is 86.4 cm³/mol. The molecule has 0 aromatic heterocycles. The van der Waals surface area contributed by atoms with Gasteiger partial charge in [-0.1, -0.05) is 0 Å². The van der Waals surface area contributed by atoms with Gasteiger partial charge < -0.3 is 24.3 Å². The highest BCUT2D eigenvalue weighted by atomic mass is 16.5. The van der Waals surface area contributed by atoms with Crippen LogP contribution < -0.4 is 19.5 Å². The molecular formula is C17H25NO5. The first-order chi connectivity index (χ1) is 11.2. The van der Waals surface area contributed by atoms with Gasteiger partial charge in [0.25, 0.3) is 0 Å². The Kier molecular flexibility index (Phi) is 6.52. The second-order valence-electron chi connectivity index (χ2n) is 5.45. The third kappa shape index (κ3) is 4.51. The molecule has 1 fully saturated rings. The largest absolute Gasteiger partial charge is 0.493 e. The molecule has 1 aromatic rings. The second-order valence-corrected chi connectivity index (χ2v) is 5.45. The van der Waals surface area contributed by atoms with Crippen molar-refractivity contribution in [2.75, 3.05) is 34.5 Å². The van der Waals surface area contributed by atoms with E-state index in [1.807, 2.05) is 12.1 Å². The lowest BCUT2D eigenvalue weighted by Gasteiger charge is -2.14. The molecule has 0 amide bonds. The predicted octanol–water partition coefficient (Wildman–Crippen LogP) is 1.94. The van der Waals surface area contributed by atoms with Crippen molar-refractivity contribution in [1.82, 2.24) is 5.32 Å². The number of benzene rings is 1. The first-order valence-electron chi connectivity index (χ1n) is 7.88. The number of esters is 1. The quantitative estimate of drug-likeness (QED) is 0.582. The first kappa shape index (κ1) is 17.4. The molecule has 0 spiro atoms. The minimum atomic E-state index is -0.146. The van der Waals surface area contributed by atoms with E-state index in [1.165, 1.54) is 0 Å². The van der Waals surface area contributed by atoms with Crippen molar-refractivity contribution in [2.45, 2.75) is 31.7 Å². The van der Waals surface area contributed by atoms with Crippen LogP contribution in [0.2, 0.25) is 0 Å². The molecular weight excluding hydrogens is 298 g/mol. The molecule has 1 aromatic carbocycles. The molecule has 0 aliphatic carbocycles. The van der Waals surface area contributed by atoms with Gasteiger partial charge in [0, 0.05) is 0 Å². The van der Waals surface area contributed by atoms with Crippen molar-refractivity contribution in [3.05, 3.63) is 17.7 Å². The molecule has 1 heterocycles. The van der Waals surface area contributed by atoms with Crippen LogP contribution in [0.15, 0.2) is 12.1 Å². The molecule has 128 valence electrons. The average molecular weight is 323 g/mol. The van der Waals surface area contributed by atoms with E-state index in [4.69, 9.17) is 18.9 Å². The molecule has 6 nitrogen and oxygen atoms in total. The average Bonchev–Trinajstić information content (AvgIpc) is 3.12. The SMILES string of the molecule is COc1cc(CCCOC(=O)[C@@H]2CCCN2)cc(OC)c1OC. The van der Waals surface area contributed by atoms with Crippen LogP contribution >= 0.6 is 0 Å². The summed E-state index contributed by atoms with van der Waals surface area (Å²) in [4.78, 5) is 11.8. The van der Waals surface area contributed by atoms with Gasteiger partial charge in [-0.25, -0.2) is 0 Å². The van der Waals surface area contributed by atoms with Gasteiger partial charge in [0.2, 0.25) is 5.75 Å². The fourth-order valence-electron chi connectivity index (χ4n) is 2.72. The smallest absolute Gasteiger partial charge is 0.323 e. The molecule has 1 aliphatic heterocycles. The summed E-state index contributed by atoms with van der Waals surface area (Å²) in [5, 5.41) is 3.14. The van der Waals surface area contributed by atoms with Crippen LogP contribution in [0, 0.1) is 0 Å². The van der Waals surface area contributed by atoms with E-state index < -0.39 is 0 Å². The lowest BCUT2D eigenvalue weighted by atomic mass is 10.1. The van der Waals surface area contributed by atoms with Crippen LogP contribution in [0.1, 0.15) is 24.8 Å². The zero-order valence-corrected chi connectivity index (χ0v) is 14.0. The summed E-state index contributed by atoms with van der Waals surface area (Å²) in [5.74, 6) is 1.70. The number of aryl methyl sites for hydroxylation is 1. The maximum Gasteiger partial charge on any atom is 0.323 e. The van der Waals surface area contributed by atoms with Gasteiger partial charge >= 0.3 is 5.97 Å². The van der Waals surface area contributed by atoms with E-state index in [-0.39, 0.29) is 12.0 Å². The summed E-state index contributed by atoms with van der Waals surface area (Å²) >= 11 is 0. The number of ether oxygens (including phenoxy) is 4. The standard InChI is InChI=1S/C17H25NO5/c1-20-14-10-12(11-15(21-2)16(14)22-3)6-5-9-23-17(19)13-7-4-8-18-13/h10-11,13,18H,4-9H2,1-3H3/t13-/m0/s1. The third-order valence-electron chi connectivity index (χ3n) is 3.92. The Bertz CT molecular complexity index is 501. The lowest BCUT2D eigenvalue weighted by molar-refractivity contribution is -0.145. The van der Waals surface area contributed by atoms with Gasteiger partial charge in [0.05, 0.1) is 27.9 Å². The Balaban J connectivity index is 1.86. The molecule has 6 heteroatoms. The number of rotatable bonds is 8. The van der Waals surface area contributed by atoms with Gasteiger partial charge in [-0.15, -0.1) is 0 Å². The second kappa shape index (κ2) is 8.62. The van der Waals surface area contributed by atoms with E-state index in [0.717, 1.165) is 37.8 Å². The Labute approximate surface area is 137 Å². The zero-order valence-electron chi connectivity index (χ0n) is 14.0. The van der Waals surface area contributed by atoms with Crippen LogP contribution in [0.3, 0.4) is 0 Å². The third-order valence-corrected chi connectivity index (χ3v) is 3.92. The van der Waals surface area contributed by atoms with Crippen molar-refractivity contribution in [3.8, 4) is 17.2 Å². The molecule has 0 unspecified atom stereocenters. The van der Waals surface area contributed by atoms with E-state index in [9.17, 15) is 4.79 Å². The molecule has 2 rings (SSSR count). The number of carbonyl (C=O) groups is 1. The molecule has 23 heavy (non-hydrogen) atoms. The van der Waals surface area contributed by atoms with Crippen molar-refractivity contribution >= 4 is 5.97 Å². The molecule has 1 atom stereocenters. The van der Waals surface area contributed by atoms with Crippen LogP contribution in [0.4, 0.5) is 0 Å². The minimum Gasteiger partial charge on any atom is -0.493 e. The highest BCUT2D eigenvalue weighted by Gasteiger charge is 2.23. The minimum absolute atomic E-state index is 0.129. The number of nitrogens with one attached hydrogen (secondary N) is 1. The molecule has 0 bridgehead atoms. The topological polar surface area (TPSA) is 66.0 Å². The lowest BCUT2D eigenvalue weighted by Crippen LogP contribution is -2.32. The summed E-state index contributed by atoms with van der Waals surface area (Å²) < 4.78 is 21.3. The summed E-state index contributed by atoms with van der Waals surface area (Å²) in [6.07, 6.45) is 3.41. The normalized spacial score (nSPS) is 16.9. The highest BCUT2D eigenvalue weighted by Crippen LogP contribution is 2.38. The highest BCUT2D eigenvalue weighted by molar-refractivity contribution is 5.76. The van der Waals surface area contributed by atoms with Gasteiger partial charge in [0.15, 0.2) is 11.5 Å². The van der Waals surface area contributed by atoms with Gasteiger partial charge in [-0.3, -0.25) is 4.79 Å². The summed E-state index contributed by atoms with van der Waals surface area (Å²) in [6.45, 7) is 1.30. The summed E-state index contributed by atoms with van der Waals surface area (Å²) in [5.41, 5.74) is 1.05. The monoisotopic (exact) mass is 323 g/mol. The Morgan fingerprint density at radius 1 is 1.17 bits per heavy atom. The Morgan fingerprint density at radius 3 is 2.39 bits per heavy atom. The van der Waals surface area contributed by atoms with Crippen LogP contribution in [-0.4, -0.2) is 46.5 Å². The van der Waals surface area contributed by atoms with Crippen molar-refractivity contribution in [1.29, 1.82) is 0 Å². The maximum absolute atomic E-state index is 11.8. The molecule has 0 saturated carbocycles. The molecule has 1 N–H and O–H groups in total. The number of methoxy groups -OCH3 is 3. The number of hydrogen-bond acceptors (Lipinski definition) is 6. The fraction of sp³-hybridized carbons (Fsp3) is 0.588. The maximum atomic E-state index is 11.8. The van der Waals surface area contributed by atoms with Gasteiger partial charge in [0.1, 0.15) is 6.04 Å². The van der Waals surface area contributed by atoms with E-state index in [0.29, 0.717) is 23.9 Å². The van der Waals surface area contributed by atoms with E-state index >= 15 is 0 Å². The molecule has 1 saturated heterocycles. The van der Waals surface area contributed by atoms with Crippen molar-refractivity contribution in [2.24, 2.45) is 0 Å². The van der Waals surface area contributed by atoms with E-state index in [1.54, 1.807) is 21.3 Å².